The summed E-state index contributed by atoms with van der Waals surface area (Å²) in [6.07, 6.45) is 1.14. The number of piperidine rings is 1. The van der Waals surface area contributed by atoms with Gasteiger partial charge in [-0.25, -0.2) is 8.42 Å². The van der Waals surface area contributed by atoms with Gasteiger partial charge in [-0.3, -0.25) is 4.79 Å². The van der Waals surface area contributed by atoms with E-state index in [1.54, 1.807) is 38.1 Å². The lowest BCUT2D eigenvalue weighted by molar-refractivity contribution is -0.132. The predicted octanol–water partition coefficient (Wildman–Crippen LogP) is 3.75. The van der Waals surface area contributed by atoms with Crippen LogP contribution in [0.2, 0.25) is 0 Å². The van der Waals surface area contributed by atoms with Crippen molar-refractivity contribution in [3.8, 4) is 11.5 Å². The van der Waals surface area contributed by atoms with Gasteiger partial charge < -0.3 is 9.32 Å². The van der Waals surface area contributed by atoms with E-state index in [4.69, 9.17) is 4.42 Å². The van der Waals surface area contributed by atoms with Crippen molar-refractivity contribution >= 4 is 27.7 Å². The Kier molecular flexibility index (Phi) is 8.00. The maximum atomic E-state index is 12.9. The van der Waals surface area contributed by atoms with Crippen LogP contribution in [-0.2, 0) is 14.8 Å². The summed E-state index contributed by atoms with van der Waals surface area (Å²) < 4.78 is 32.8. The Balaban J connectivity index is 1.73. The first-order valence-corrected chi connectivity index (χ1v) is 13.4. The van der Waals surface area contributed by atoms with E-state index in [1.807, 2.05) is 11.8 Å². The Morgan fingerprint density at radius 3 is 2.50 bits per heavy atom. The number of sulfonamides is 1. The molecule has 176 valence electrons. The van der Waals surface area contributed by atoms with Gasteiger partial charge in [0.15, 0.2) is 0 Å². The number of nitrogens with zero attached hydrogens (tertiary/aromatic N) is 4. The fourth-order valence-electron chi connectivity index (χ4n) is 4.18. The van der Waals surface area contributed by atoms with Crippen molar-refractivity contribution in [3.05, 3.63) is 24.3 Å². The number of hydrogen-bond acceptors (Lipinski definition) is 7. The zero-order chi connectivity index (χ0) is 23.5. The minimum atomic E-state index is -3.59. The van der Waals surface area contributed by atoms with Crippen molar-refractivity contribution in [2.24, 2.45) is 11.8 Å². The van der Waals surface area contributed by atoms with Gasteiger partial charge in [-0.2, -0.15) is 4.31 Å². The van der Waals surface area contributed by atoms with Crippen LogP contribution in [0.5, 0.6) is 0 Å². The molecule has 0 aliphatic carbocycles. The molecular weight excluding hydrogens is 448 g/mol. The SMILES string of the molecule is CCN(CC)S(=O)(=O)c1cccc(-c2nnc(SC(C)C(=O)N3CC(C)CC(C)C3)o2)c1. The summed E-state index contributed by atoms with van der Waals surface area (Å²) in [5, 5.41) is 8.07. The Morgan fingerprint density at radius 1 is 1.22 bits per heavy atom. The topological polar surface area (TPSA) is 96.6 Å². The van der Waals surface area contributed by atoms with Crippen LogP contribution in [0.4, 0.5) is 0 Å². The van der Waals surface area contributed by atoms with Crippen molar-refractivity contribution in [2.45, 2.75) is 56.4 Å². The third kappa shape index (κ3) is 5.52. The summed E-state index contributed by atoms with van der Waals surface area (Å²) in [4.78, 5) is 15.0. The number of amides is 1. The second kappa shape index (κ2) is 10.4. The van der Waals surface area contributed by atoms with Crippen molar-refractivity contribution < 1.29 is 17.6 Å². The monoisotopic (exact) mass is 480 g/mol. The average Bonchev–Trinajstić information content (AvgIpc) is 3.21. The van der Waals surface area contributed by atoms with E-state index in [0.717, 1.165) is 19.5 Å². The molecule has 1 aromatic carbocycles. The highest BCUT2D eigenvalue weighted by Crippen LogP contribution is 2.30. The molecule has 2 heterocycles. The molecule has 3 atom stereocenters. The smallest absolute Gasteiger partial charge is 0.277 e. The van der Waals surface area contributed by atoms with Crippen LogP contribution >= 0.6 is 11.8 Å². The van der Waals surface area contributed by atoms with Gasteiger partial charge in [-0.05, 0) is 43.4 Å². The first kappa shape index (κ1) is 24.7. The highest BCUT2D eigenvalue weighted by molar-refractivity contribution is 8.00. The second-order valence-electron chi connectivity index (χ2n) is 8.44. The van der Waals surface area contributed by atoms with Gasteiger partial charge in [0.2, 0.25) is 21.8 Å². The average molecular weight is 481 g/mol. The maximum Gasteiger partial charge on any atom is 0.277 e. The third-order valence-electron chi connectivity index (χ3n) is 5.64. The summed E-state index contributed by atoms with van der Waals surface area (Å²) in [6, 6.07) is 6.49. The van der Waals surface area contributed by atoms with Gasteiger partial charge in [-0.1, -0.05) is 45.5 Å². The van der Waals surface area contributed by atoms with Crippen molar-refractivity contribution in [1.82, 2.24) is 19.4 Å². The third-order valence-corrected chi connectivity index (χ3v) is 8.60. The molecule has 3 unspecified atom stereocenters. The number of benzene rings is 1. The molecule has 1 saturated heterocycles. The number of thioether (sulfide) groups is 1. The Labute approximate surface area is 194 Å². The maximum absolute atomic E-state index is 12.9. The lowest BCUT2D eigenvalue weighted by Crippen LogP contribution is -2.45. The minimum Gasteiger partial charge on any atom is -0.411 e. The molecule has 0 bridgehead atoms. The zero-order valence-electron chi connectivity index (χ0n) is 19.3. The van der Waals surface area contributed by atoms with Gasteiger partial charge >= 0.3 is 0 Å². The van der Waals surface area contributed by atoms with E-state index in [-0.39, 0.29) is 27.2 Å². The Morgan fingerprint density at radius 2 is 1.88 bits per heavy atom. The van der Waals surface area contributed by atoms with Crippen LogP contribution in [0.25, 0.3) is 11.5 Å². The van der Waals surface area contributed by atoms with E-state index in [0.29, 0.717) is 30.5 Å². The number of carbonyl (C=O) groups excluding carboxylic acids is 1. The van der Waals surface area contributed by atoms with Crippen molar-refractivity contribution in [3.63, 3.8) is 0 Å². The lowest BCUT2D eigenvalue weighted by atomic mass is 9.92. The first-order valence-electron chi connectivity index (χ1n) is 11.0. The van der Waals surface area contributed by atoms with Crippen LogP contribution in [0, 0.1) is 11.8 Å². The molecule has 1 aromatic heterocycles. The molecule has 10 heteroatoms. The number of likely N-dealkylation sites (tertiary alicyclic amines) is 1. The molecule has 1 amide bonds. The molecule has 3 rings (SSSR count). The second-order valence-corrected chi connectivity index (χ2v) is 11.7. The van der Waals surface area contributed by atoms with Crippen LogP contribution < -0.4 is 0 Å². The lowest BCUT2D eigenvalue weighted by Gasteiger charge is -2.36. The van der Waals surface area contributed by atoms with E-state index < -0.39 is 10.0 Å². The van der Waals surface area contributed by atoms with Crippen LogP contribution in [0.3, 0.4) is 0 Å². The molecule has 0 spiro atoms. The fourth-order valence-corrected chi connectivity index (χ4v) is 6.45. The summed E-state index contributed by atoms with van der Waals surface area (Å²) in [5.74, 6) is 1.29. The van der Waals surface area contributed by atoms with E-state index in [9.17, 15) is 13.2 Å². The predicted molar refractivity (Wildman–Crippen MR) is 125 cm³/mol. The summed E-state index contributed by atoms with van der Waals surface area (Å²) in [7, 11) is -3.59. The molecule has 32 heavy (non-hydrogen) atoms. The minimum absolute atomic E-state index is 0.0699. The molecule has 1 aliphatic rings. The molecule has 2 aromatic rings. The molecular formula is C22H32N4O4S2. The highest BCUT2D eigenvalue weighted by Gasteiger charge is 2.30. The van der Waals surface area contributed by atoms with E-state index in [1.165, 1.54) is 16.1 Å². The van der Waals surface area contributed by atoms with Gasteiger partial charge in [0.05, 0.1) is 10.1 Å². The van der Waals surface area contributed by atoms with Gasteiger partial charge in [0.25, 0.3) is 5.22 Å². The number of hydrogen-bond donors (Lipinski definition) is 0. The van der Waals surface area contributed by atoms with Gasteiger partial charge in [-0.15, -0.1) is 10.2 Å². The standard InChI is InChI=1S/C22H32N4O4S2/c1-6-26(7-2)32(28,29)19-10-8-9-18(12-19)20-23-24-22(30-20)31-17(5)21(27)25-13-15(3)11-16(4)14-25/h8-10,12,15-17H,6-7,11,13-14H2,1-5H3. The fraction of sp³-hybridized carbons (Fsp3) is 0.591. The Bertz CT molecular complexity index is 1030. The largest absolute Gasteiger partial charge is 0.411 e. The number of rotatable bonds is 8. The molecule has 1 aliphatic heterocycles. The van der Waals surface area contributed by atoms with E-state index >= 15 is 0 Å². The van der Waals surface area contributed by atoms with Crippen LogP contribution in [-0.4, -0.2) is 65.2 Å². The summed E-state index contributed by atoms with van der Waals surface area (Å²) >= 11 is 1.23. The molecule has 0 saturated carbocycles. The zero-order valence-corrected chi connectivity index (χ0v) is 20.9. The van der Waals surface area contributed by atoms with E-state index in [2.05, 4.69) is 24.0 Å². The molecule has 8 nitrogen and oxygen atoms in total. The van der Waals surface area contributed by atoms with Gasteiger partial charge in [0.1, 0.15) is 0 Å². The van der Waals surface area contributed by atoms with Crippen molar-refractivity contribution in [2.75, 3.05) is 26.2 Å². The number of carbonyl (C=O) groups is 1. The quantitative estimate of drug-likeness (QED) is 0.531. The van der Waals surface area contributed by atoms with Crippen molar-refractivity contribution in [1.29, 1.82) is 0 Å². The van der Waals surface area contributed by atoms with Crippen LogP contribution in [0.15, 0.2) is 38.8 Å². The summed E-state index contributed by atoms with van der Waals surface area (Å²) in [5.41, 5.74) is 0.523. The first-order chi connectivity index (χ1) is 15.1. The van der Waals surface area contributed by atoms with Gasteiger partial charge in [0, 0.05) is 31.7 Å². The number of aromatic nitrogens is 2. The Hall–Kier alpha value is -1.91. The molecule has 1 fully saturated rings. The summed E-state index contributed by atoms with van der Waals surface area (Å²) in [6.45, 7) is 12.1. The molecule has 0 radical (unpaired) electrons. The highest BCUT2D eigenvalue weighted by atomic mass is 32.2. The normalized spacial score (nSPS) is 20.5. The molecule has 0 N–H and O–H groups in total. The van der Waals surface area contributed by atoms with Crippen LogP contribution in [0.1, 0.15) is 41.0 Å².